The molecule has 9 heteroatoms. The molecule has 1 rings (SSSR count). The highest BCUT2D eigenvalue weighted by Crippen LogP contribution is 2.20. The van der Waals surface area contributed by atoms with Crippen LogP contribution in [0.5, 0.6) is 0 Å². The van der Waals surface area contributed by atoms with Gasteiger partial charge in [-0.3, -0.25) is 19.7 Å². The van der Waals surface area contributed by atoms with E-state index < -0.39 is 23.0 Å². The van der Waals surface area contributed by atoms with Crippen molar-refractivity contribution in [1.29, 1.82) is 0 Å². The van der Waals surface area contributed by atoms with Gasteiger partial charge in [0.15, 0.2) is 5.70 Å². The molecule has 1 aliphatic rings. The number of esters is 1. The molecule has 1 aliphatic heterocycles. The van der Waals surface area contributed by atoms with Gasteiger partial charge in [-0.25, -0.2) is 0 Å². The summed E-state index contributed by atoms with van der Waals surface area (Å²) in [5.41, 5.74) is 5.46. The van der Waals surface area contributed by atoms with Crippen LogP contribution in [0.3, 0.4) is 0 Å². The van der Waals surface area contributed by atoms with Gasteiger partial charge in [0.1, 0.15) is 6.54 Å². The molecule has 0 aromatic carbocycles. The summed E-state index contributed by atoms with van der Waals surface area (Å²) in [7, 11) is 0. The third-order valence-electron chi connectivity index (χ3n) is 2.99. The van der Waals surface area contributed by atoms with Crippen molar-refractivity contribution < 1.29 is 19.2 Å². The van der Waals surface area contributed by atoms with Gasteiger partial charge in [-0.15, -0.1) is 0 Å². The highest BCUT2D eigenvalue weighted by Gasteiger charge is 2.39. The van der Waals surface area contributed by atoms with E-state index in [0.717, 1.165) is 0 Å². The third kappa shape index (κ3) is 4.42. The van der Waals surface area contributed by atoms with Gasteiger partial charge >= 0.3 is 5.97 Å². The van der Waals surface area contributed by atoms with Gasteiger partial charge in [0.2, 0.25) is 0 Å². The topological polar surface area (TPSA) is 128 Å². The molecule has 21 heavy (non-hydrogen) atoms. The maximum Gasteiger partial charge on any atom is 0.302 e. The van der Waals surface area contributed by atoms with E-state index in [0.29, 0.717) is 0 Å². The summed E-state index contributed by atoms with van der Waals surface area (Å²) in [6.45, 7) is 4.85. The molecule has 9 nitrogen and oxygen atoms in total. The van der Waals surface area contributed by atoms with Crippen molar-refractivity contribution in [3.63, 3.8) is 0 Å². The summed E-state index contributed by atoms with van der Waals surface area (Å²) in [6.07, 6.45) is -0.478. The first-order valence-corrected chi connectivity index (χ1v) is 6.58. The Bertz CT molecular complexity index is 474. The molecule has 0 aliphatic carbocycles. The normalized spacial score (nSPS) is 16.4. The highest BCUT2D eigenvalue weighted by atomic mass is 16.6. The van der Waals surface area contributed by atoms with Gasteiger partial charge in [0.25, 0.3) is 11.6 Å². The first-order chi connectivity index (χ1) is 9.73. The Morgan fingerprint density at radius 1 is 1.57 bits per heavy atom. The second-order valence-electron chi connectivity index (χ2n) is 4.99. The standard InChI is InChI=1S/C12H20N4O5/c1-7(2)15-6-9(16(19)20)11(12(15)18)14-10(13)4-5-21-8(3)17/h7,10,14H,4-6,13H2,1-3H3. The molecule has 1 heterocycles. The molecule has 1 amide bonds. The zero-order chi connectivity index (χ0) is 16.2. The molecule has 0 aromatic rings. The van der Waals surface area contributed by atoms with Gasteiger partial charge in [-0.05, 0) is 13.8 Å². The number of nitro groups is 1. The van der Waals surface area contributed by atoms with E-state index in [1.165, 1.54) is 11.8 Å². The molecule has 0 saturated heterocycles. The zero-order valence-electron chi connectivity index (χ0n) is 12.3. The van der Waals surface area contributed by atoms with Crippen LogP contribution in [0.1, 0.15) is 27.2 Å². The van der Waals surface area contributed by atoms with E-state index >= 15 is 0 Å². The number of hydrogen-bond acceptors (Lipinski definition) is 7. The van der Waals surface area contributed by atoms with Crippen LogP contribution in [0.2, 0.25) is 0 Å². The van der Waals surface area contributed by atoms with Crippen LogP contribution < -0.4 is 11.1 Å². The molecular weight excluding hydrogens is 280 g/mol. The molecule has 0 radical (unpaired) electrons. The van der Waals surface area contributed by atoms with E-state index in [1.807, 2.05) is 0 Å². The van der Waals surface area contributed by atoms with Gasteiger partial charge in [0, 0.05) is 19.4 Å². The predicted molar refractivity (Wildman–Crippen MR) is 73.2 cm³/mol. The maximum atomic E-state index is 12.1. The zero-order valence-corrected chi connectivity index (χ0v) is 12.3. The Morgan fingerprint density at radius 2 is 2.19 bits per heavy atom. The van der Waals surface area contributed by atoms with Crippen molar-refractivity contribution >= 4 is 11.9 Å². The number of carbonyl (C=O) groups is 2. The van der Waals surface area contributed by atoms with E-state index in [4.69, 9.17) is 10.5 Å². The van der Waals surface area contributed by atoms with Crippen LogP contribution in [0.15, 0.2) is 11.4 Å². The quantitative estimate of drug-likeness (QED) is 0.282. The molecule has 1 unspecified atom stereocenters. The second-order valence-corrected chi connectivity index (χ2v) is 4.99. The lowest BCUT2D eigenvalue weighted by atomic mass is 10.3. The lowest BCUT2D eigenvalue weighted by Gasteiger charge is -2.20. The van der Waals surface area contributed by atoms with Crippen molar-refractivity contribution in [3.8, 4) is 0 Å². The number of carbonyl (C=O) groups excluding carboxylic acids is 2. The first kappa shape index (κ1) is 16.9. The average molecular weight is 300 g/mol. The molecule has 3 N–H and O–H groups in total. The summed E-state index contributed by atoms with van der Waals surface area (Å²) >= 11 is 0. The number of nitrogens with zero attached hydrogens (tertiary/aromatic N) is 2. The molecule has 0 saturated carbocycles. The van der Waals surface area contributed by atoms with Crippen LogP contribution in [0.4, 0.5) is 0 Å². The predicted octanol–water partition coefficient (Wildman–Crippen LogP) is -0.447. The van der Waals surface area contributed by atoms with Crippen molar-refractivity contribution in [1.82, 2.24) is 10.2 Å². The fourth-order valence-corrected chi connectivity index (χ4v) is 1.88. The summed E-state index contributed by atoms with van der Waals surface area (Å²) in [5.74, 6) is -0.880. The second kappa shape index (κ2) is 7.02. The van der Waals surface area contributed by atoms with Crippen LogP contribution in [-0.4, -0.2) is 47.1 Å². The van der Waals surface area contributed by atoms with Crippen LogP contribution in [0.25, 0.3) is 0 Å². The van der Waals surface area contributed by atoms with E-state index in [9.17, 15) is 19.7 Å². The Hall–Kier alpha value is -2.16. The average Bonchev–Trinajstić information content (AvgIpc) is 2.67. The third-order valence-corrected chi connectivity index (χ3v) is 2.99. The van der Waals surface area contributed by atoms with Crippen molar-refractivity contribution in [2.45, 2.75) is 39.4 Å². The Morgan fingerprint density at radius 3 is 2.67 bits per heavy atom. The number of nitrogens with two attached hydrogens (primary N) is 1. The lowest BCUT2D eigenvalue weighted by Crippen LogP contribution is -2.42. The number of nitrogens with one attached hydrogen (secondary N) is 1. The maximum absolute atomic E-state index is 12.1. The Labute approximate surface area is 122 Å². The van der Waals surface area contributed by atoms with E-state index in [-0.39, 0.29) is 37.0 Å². The number of rotatable bonds is 7. The molecule has 0 aromatic heterocycles. The minimum absolute atomic E-state index is 0.0531. The largest absolute Gasteiger partial charge is 0.466 e. The highest BCUT2D eigenvalue weighted by molar-refractivity contribution is 5.96. The number of amides is 1. The van der Waals surface area contributed by atoms with Crippen molar-refractivity contribution in [2.75, 3.05) is 13.2 Å². The first-order valence-electron chi connectivity index (χ1n) is 6.58. The lowest BCUT2D eigenvalue weighted by molar-refractivity contribution is -0.427. The minimum atomic E-state index is -0.717. The summed E-state index contributed by atoms with van der Waals surface area (Å²) in [6, 6.07) is -0.149. The number of ether oxygens (including phenoxy) is 1. The van der Waals surface area contributed by atoms with Crippen molar-refractivity contribution in [3.05, 3.63) is 21.5 Å². The van der Waals surface area contributed by atoms with Crippen LogP contribution in [0, 0.1) is 10.1 Å². The van der Waals surface area contributed by atoms with Crippen LogP contribution in [-0.2, 0) is 14.3 Å². The van der Waals surface area contributed by atoms with E-state index in [2.05, 4.69) is 5.32 Å². The SMILES string of the molecule is CC(=O)OCCC(N)NC1=C([N+](=O)[O-])CN(C(C)C)C1=O. The number of hydrogen-bond donors (Lipinski definition) is 2. The minimum Gasteiger partial charge on any atom is -0.466 e. The van der Waals surface area contributed by atoms with Gasteiger partial charge in [-0.1, -0.05) is 0 Å². The van der Waals surface area contributed by atoms with Gasteiger partial charge < -0.3 is 20.7 Å². The van der Waals surface area contributed by atoms with Gasteiger partial charge in [-0.2, -0.15) is 0 Å². The fraction of sp³-hybridized carbons (Fsp3) is 0.667. The smallest absolute Gasteiger partial charge is 0.302 e. The van der Waals surface area contributed by atoms with Crippen LogP contribution >= 0.6 is 0 Å². The fourth-order valence-electron chi connectivity index (χ4n) is 1.88. The molecule has 0 spiro atoms. The molecule has 0 bridgehead atoms. The van der Waals surface area contributed by atoms with E-state index in [1.54, 1.807) is 13.8 Å². The summed E-state index contributed by atoms with van der Waals surface area (Å²) < 4.78 is 4.73. The summed E-state index contributed by atoms with van der Waals surface area (Å²) in [5, 5.41) is 13.7. The molecule has 1 atom stereocenters. The molecular formula is C12H20N4O5. The molecule has 0 fully saturated rings. The molecule has 118 valence electrons. The Balaban J connectivity index is 2.72. The monoisotopic (exact) mass is 300 g/mol. The van der Waals surface area contributed by atoms with Gasteiger partial charge in [0.05, 0.1) is 17.7 Å². The Kier molecular flexibility index (Phi) is 5.65. The van der Waals surface area contributed by atoms with Crippen molar-refractivity contribution in [2.24, 2.45) is 5.73 Å². The summed E-state index contributed by atoms with van der Waals surface area (Å²) in [4.78, 5) is 34.6.